The Balaban J connectivity index is 1.51. The van der Waals surface area contributed by atoms with E-state index in [9.17, 15) is 4.79 Å². The van der Waals surface area contributed by atoms with Crippen molar-refractivity contribution in [3.8, 4) is 17.1 Å². The number of rotatable bonds is 9. The lowest BCUT2D eigenvalue weighted by atomic mass is 10.1. The number of hydrogen-bond acceptors (Lipinski definition) is 6. The van der Waals surface area contributed by atoms with Crippen molar-refractivity contribution in [3.05, 3.63) is 59.7 Å². The van der Waals surface area contributed by atoms with E-state index in [4.69, 9.17) is 9.47 Å². The number of thioether (sulfide) groups is 1. The van der Waals surface area contributed by atoms with Crippen molar-refractivity contribution in [2.24, 2.45) is 0 Å². The maximum atomic E-state index is 12.6. The Morgan fingerprint density at radius 3 is 2.55 bits per heavy atom. The highest BCUT2D eigenvalue weighted by Gasteiger charge is 2.21. The summed E-state index contributed by atoms with van der Waals surface area (Å²) in [6.45, 7) is 4.37. The molecule has 1 aromatic heterocycles. The fourth-order valence-corrected chi connectivity index (χ4v) is 5.03. The average Bonchev–Trinajstić information content (AvgIpc) is 3.53. The molecule has 7 nitrogen and oxygen atoms in total. The maximum Gasteiger partial charge on any atom is 0.253 e. The van der Waals surface area contributed by atoms with Crippen LogP contribution in [0.5, 0.6) is 5.75 Å². The van der Waals surface area contributed by atoms with Crippen LogP contribution in [0.1, 0.15) is 41.7 Å². The van der Waals surface area contributed by atoms with Gasteiger partial charge in [-0.15, -0.1) is 10.2 Å². The molecule has 0 aliphatic carbocycles. The van der Waals surface area contributed by atoms with Gasteiger partial charge in [-0.25, -0.2) is 0 Å². The number of benzene rings is 2. The van der Waals surface area contributed by atoms with E-state index in [-0.39, 0.29) is 11.9 Å². The van der Waals surface area contributed by atoms with Gasteiger partial charge < -0.3 is 14.4 Å². The number of hydrogen-bond donors (Lipinski definition) is 0. The van der Waals surface area contributed by atoms with Crippen LogP contribution in [0.4, 0.5) is 0 Å². The summed E-state index contributed by atoms with van der Waals surface area (Å²) in [5.41, 5.74) is 2.83. The molecule has 1 aliphatic rings. The summed E-state index contributed by atoms with van der Waals surface area (Å²) < 4.78 is 12.9. The van der Waals surface area contributed by atoms with E-state index in [2.05, 4.69) is 21.7 Å². The van der Waals surface area contributed by atoms with Gasteiger partial charge in [0.2, 0.25) is 0 Å². The number of carbonyl (C=O) groups is 1. The Morgan fingerprint density at radius 1 is 1.09 bits per heavy atom. The van der Waals surface area contributed by atoms with Crippen molar-refractivity contribution in [1.29, 1.82) is 0 Å². The number of aromatic nitrogens is 3. The largest absolute Gasteiger partial charge is 0.497 e. The first-order valence-electron chi connectivity index (χ1n) is 11.2. The van der Waals surface area contributed by atoms with E-state index in [1.807, 2.05) is 53.4 Å². The van der Waals surface area contributed by atoms with Crippen LogP contribution >= 0.6 is 11.8 Å². The predicted molar refractivity (Wildman–Crippen MR) is 130 cm³/mol. The van der Waals surface area contributed by atoms with Crippen molar-refractivity contribution < 1.29 is 14.3 Å². The summed E-state index contributed by atoms with van der Waals surface area (Å²) in [4.78, 5) is 14.5. The van der Waals surface area contributed by atoms with Gasteiger partial charge in [0, 0.05) is 37.1 Å². The van der Waals surface area contributed by atoms with E-state index < -0.39 is 0 Å². The molecule has 0 bridgehead atoms. The second-order valence-electron chi connectivity index (χ2n) is 8.20. The first kappa shape index (κ1) is 23.3. The molecule has 1 fully saturated rings. The molecular formula is C25H30N4O3S. The molecule has 2 heterocycles. The predicted octanol–water partition coefficient (Wildman–Crippen LogP) is 4.69. The summed E-state index contributed by atoms with van der Waals surface area (Å²) in [5.74, 6) is 2.42. The number of methoxy groups -OCH3 is 2. The SMILES string of the molecule is COC[C@@H](C)n1c(SCc2ccc(C(=O)N3CCCC3)cc2)nnc1-c1cccc(OC)c1. The van der Waals surface area contributed by atoms with Crippen LogP contribution in [0.25, 0.3) is 11.4 Å². The zero-order valence-electron chi connectivity index (χ0n) is 19.4. The van der Waals surface area contributed by atoms with E-state index in [1.165, 1.54) is 0 Å². The molecule has 0 radical (unpaired) electrons. The van der Waals surface area contributed by atoms with Crippen LogP contribution in [0.2, 0.25) is 0 Å². The third kappa shape index (κ3) is 5.39. The maximum absolute atomic E-state index is 12.6. The average molecular weight is 467 g/mol. The van der Waals surface area contributed by atoms with Gasteiger partial charge in [-0.1, -0.05) is 36.0 Å². The summed E-state index contributed by atoms with van der Waals surface area (Å²) in [5, 5.41) is 9.80. The molecule has 33 heavy (non-hydrogen) atoms. The van der Waals surface area contributed by atoms with Gasteiger partial charge in [-0.05, 0) is 49.6 Å². The van der Waals surface area contributed by atoms with Gasteiger partial charge in [0.05, 0.1) is 19.8 Å². The van der Waals surface area contributed by atoms with E-state index in [0.29, 0.717) is 6.61 Å². The van der Waals surface area contributed by atoms with Crippen molar-refractivity contribution in [2.45, 2.75) is 36.7 Å². The molecule has 2 aromatic carbocycles. The van der Waals surface area contributed by atoms with Gasteiger partial charge in [0.15, 0.2) is 11.0 Å². The summed E-state index contributed by atoms with van der Waals surface area (Å²) in [6, 6.07) is 15.8. The second kappa shape index (κ2) is 10.9. The van der Waals surface area contributed by atoms with Gasteiger partial charge in [0.25, 0.3) is 5.91 Å². The summed E-state index contributed by atoms with van der Waals surface area (Å²) in [6.07, 6.45) is 2.20. The molecule has 1 saturated heterocycles. The smallest absolute Gasteiger partial charge is 0.253 e. The molecule has 174 valence electrons. The van der Waals surface area contributed by atoms with E-state index >= 15 is 0 Å². The van der Waals surface area contributed by atoms with Crippen LogP contribution in [0.3, 0.4) is 0 Å². The molecule has 0 spiro atoms. The third-order valence-electron chi connectivity index (χ3n) is 5.80. The monoisotopic (exact) mass is 466 g/mol. The molecule has 0 unspecified atom stereocenters. The summed E-state index contributed by atoms with van der Waals surface area (Å²) >= 11 is 1.63. The molecule has 0 saturated carbocycles. The van der Waals surface area contributed by atoms with Crippen LogP contribution in [-0.2, 0) is 10.5 Å². The Labute approximate surface area is 199 Å². The quantitative estimate of drug-likeness (QED) is 0.426. The Morgan fingerprint density at radius 2 is 1.85 bits per heavy atom. The van der Waals surface area contributed by atoms with Crippen molar-refractivity contribution in [2.75, 3.05) is 33.9 Å². The van der Waals surface area contributed by atoms with Gasteiger partial charge in [0.1, 0.15) is 5.75 Å². The molecule has 1 aliphatic heterocycles. The highest BCUT2D eigenvalue weighted by Crippen LogP contribution is 2.31. The van der Waals surface area contributed by atoms with Gasteiger partial charge >= 0.3 is 0 Å². The summed E-state index contributed by atoms with van der Waals surface area (Å²) in [7, 11) is 3.35. The first-order chi connectivity index (χ1) is 16.1. The zero-order valence-corrected chi connectivity index (χ0v) is 20.2. The fraction of sp³-hybridized carbons (Fsp3) is 0.400. The minimum atomic E-state index is 0.0640. The fourth-order valence-electron chi connectivity index (χ4n) is 4.04. The lowest BCUT2D eigenvalue weighted by Gasteiger charge is -2.17. The van der Waals surface area contributed by atoms with Crippen LogP contribution in [-0.4, -0.2) is 59.5 Å². The highest BCUT2D eigenvalue weighted by molar-refractivity contribution is 7.98. The second-order valence-corrected chi connectivity index (χ2v) is 9.14. The third-order valence-corrected chi connectivity index (χ3v) is 6.82. The lowest BCUT2D eigenvalue weighted by Crippen LogP contribution is -2.27. The zero-order chi connectivity index (χ0) is 23.2. The molecule has 0 N–H and O–H groups in total. The number of nitrogens with zero attached hydrogens (tertiary/aromatic N) is 4. The Kier molecular flexibility index (Phi) is 7.67. The number of likely N-dealkylation sites (tertiary alicyclic amines) is 1. The Bertz CT molecular complexity index is 1080. The molecule has 1 atom stereocenters. The van der Waals surface area contributed by atoms with Crippen LogP contribution in [0, 0.1) is 0 Å². The minimum Gasteiger partial charge on any atom is -0.497 e. The minimum absolute atomic E-state index is 0.0640. The Hall–Kier alpha value is -2.84. The van der Waals surface area contributed by atoms with E-state index in [1.54, 1.807) is 26.0 Å². The lowest BCUT2D eigenvalue weighted by molar-refractivity contribution is 0.0793. The van der Waals surface area contributed by atoms with Crippen molar-refractivity contribution in [1.82, 2.24) is 19.7 Å². The number of ether oxygens (including phenoxy) is 2. The van der Waals surface area contributed by atoms with Crippen molar-refractivity contribution >= 4 is 17.7 Å². The first-order valence-corrected chi connectivity index (χ1v) is 12.2. The topological polar surface area (TPSA) is 69.5 Å². The van der Waals surface area contributed by atoms with Gasteiger partial charge in [-0.3, -0.25) is 9.36 Å². The molecule has 4 rings (SSSR count). The normalized spacial score (nSPS) is 14.5. The molecule has 1 amide bonds. The van der Waals surface area contributed by atoms with Gasteiger partial charge in [-0.2, -0.15) is 0 Å². The molecular weight excluding hydrogens is 436 g/mol. The molecule has 3 aromatic rings. The highest BCUT2D eigenvalue weighted by atomic mass is 32.2. The van der Waals surface area contributed by atoms with Crippen molar-refractivity contribution in [3.63, 3.8) is 0 Å². The van der Waals surface area contributed by atoms with E-state index in [0.717, 1.165) is 65.1 Å². The molecule has 8 heteroatoms. The van der Waals surface area contributed by atoms with Crippen LogP contribution < -0.4 is 4.74 Å². The standard InChI is InChI=1S/C25H30N4O3S/c1-18(16-31-2)29-23(21-7-6-8-22(15-21)32-3)26-27-25(29)33-17-19-9-11-20(12-10-19)24(30)28-13-4-5-14-28/h6-12,15,18H,4-5,13-14,16-17H2,1-3H3/t18-/m1/s1. The van der Waals surface area contributed by atoms with Crippen LogP contribution in [0.15, 0.2) is 53.7 Å². The number of amides is 1. The number of carbonyl (C=O) groups excluding carboxylic acids is 1.